The van der Waals surface area contributed by atoms with E-state index in [2.05, 4.69) is 24.3 Å². The van der Waals surface area contributed by atoms with Crippen molar-refractivity contribution in [2.45, 2.75) is 38.6 Å². The van der Waals surface area contributed by atoms with Gasteiger partial charge in [0.25, 0.3) is 0 Å². The molecule has 0 N–H and O–H groups in total. The van der Waals surface area contributed by atoms with Crippen molar-refractivity contribution in [1.82, 2.24) is 0 Å². The number of aryl methyl sites for hydroxylation is 1. The van der Waals surface area contributed by atoms with Gasteiger partial charge in [-0.2, -0.15) is 0 Å². The van der Waals surface area contributed by atoms with Gasteiger partial charge in [-0.3, -0.25) is 4.79 Å². The van der Waals surface area contributed by atoms with Gasteiger partial charge in [0.1, 0.15) is 11.6 Å². The highest BCUT2D eigenvalue weighted by atomic mass is 19.1. The van der Waals surface area contributed by atoms with Crippen molar-refractivity contribution in [2.24, 2.45) is 0 Å². The van der Waals surface area contributed by atoms with Crippen molar-refractivity contribution < 1.29 is 13.6 Å². The van der Waals surface area contributed by atoms with Crippen LogP contribution in [0.15, 0.2) is 72.5 Å². The molecule has 0 saturated carbocycles. The molecule has 0 radical (unpaired) electrons. The molecule has 0 fully saturated rings. The highest BCUT2D eigenvalue weighted by Gasteiger charge is 2.30. The molecule has 2 aliphatic carbocycles. The molecule has 0 amide bonds. The van der Waals surface area contributed by atoms with Crippen LogP contribution in [0.25, 0.3) is 16.3 Å². The zero-order valence-electron chi connectivity index (χ0n) is 18.4. The van der Waals surface area contributed by atoms with Crippen LogP contribution in [0.5, 0.6) is 0 Å². The number of benzene rings is 3. The molecule has 1 heterocycles. The predicted molar refractivity (Wildman–Crippen MR) is 128 cm³/mol. The number of carbonyl (C=O) groups excluding carboxylic acids is 1. The molecule has 1 atom stereocenters. The number of Topliss-reactive ketones (excluding diaryl/α,β-unsaturated/α-hetero) is 1. The van der Waals surface area contributed by atoms with Crippen molar-refractivity contribution in [1.29, 1.82) is 0 Å². The molecule has 0 aromatic heterocycles. The second kappa shape index (κ2) is 7.51. The molecule has 3 aromatic carbocycles. The van der Waals surface area contributed by atoms with Crippen LogP contribution in [0.2, 0.25) is 0 Å². The summed E-state index contributed by atoms with van der Waals surface area (Å²) in [6.45, 7) is 2.03. The van der Waals surface area contributed by atoms with E-state index in [1.807, 2.05) is 36.2 Å². The number of anilines is 1. The number of carbonyl (C=O) groups is 1. The summed E-state index contributed by atoms with van der Waals surface area (Å²) >= 11 is 0. The van der Waals surface area contributed by atoms with Gasteiger partial charge in [0.2, 0.25) is 0 Å². The molecule has 33 heavy (non-hydrogen) atoms. The third-order valence-corrected chi connectivity index (χ3v) is 7.14. The first-order valence-electron chi connectivity index (χ1n) is 11.4. The van der Waals surface area contributed by atoms with Crippen molar-refractivity contribution in [2.75, 3.05) is 4.90 Å². The Kier molecular flexibility index (Phi) is 4.58. The Morgan fingerprint density at radius 2 is 1.91 bits per heavy atom. The molecular weight excluding hydrogens is 416 g/mol. The lowest BCUT2D eigenvalue weighted by Gasteiger charge is -2.30. The zero-order chi connectivity index (χ0) is 22.7. The van der Waals surface area contributed by atoms with Gasteiger partial charge >= 0.3 is 0 Å². The maximum atomic E-state index is 14.6. The van der Waals surface area contributed by atoms with Gasteiger partial charge in [0, 0.05) is 34.8 Å². The van der Waals surface area contributed by atoms with Gasteiger partial charge in [-0.05, 0) is 72.5 Å². The van der Waals surface area contributed by atoms with Gasteiger partial charge in [-0.25, -0.2) is 8.78 Å². The Hall–Kier alpha value is -3.53. The summed E-state index contributed by atoms with van der Waals surface area (Å²) in [6, 6.07) is 11.5. The highest BCUT2D eigenvalue weighted by molar-refractivity contribution is 6.18. The minimum absolute atomic E-state index is 0.162. The van der Waals surface area contributed by atoms with Gasteiger partial charge in [-0.15, -0.1) is 0 Å². The van der Waals surface area contributed by atoms with Crippen LogP contribution >= 0.6 is 0 Å². The minimum Gasteiger partial charge on any atom is -0.340 e. The smallest absolute Gasteiger partial charge is 0.168 e. The summed E-state index contributed by atoms with van der Waals surface area (Å²) in [6.07, 6.45) is 11.2. The highest BCUT2D eigenvalue weighted by Crippen LogP contribution is 2.45. The van der Waals surface area contributed by atoms with E-state index in [1.54, 1.807) is 0 Å². The fourth-order valence-electron chi connectivity index (χ4n) is 5.62. The third kappa shape index (κ3) is 3.08. The summed E-state index contributed by atoms with van der Waals surface area (Å²) in [7, 11) is 0. The van der Waals surface area contributed by atoms with Gasteiger partial charge < -0.3 is 4.90 Å². The first-order valence-corrected chi connectivity index (χ1v) is 11.4. The molecule has 6 rings (SSSR count). The maximum Gasteiger partial charge on any atom is 0.168 e. The Morgan fingerprint density at radius 1 is 1.03 bits per heavy atom. The number of allylic oxidation sites excluding steroid dienone is 4. The van der Waals surface area contributed by atoms with Crippen molar-refractivity contribution in [3.63, 3.8) is 0 Å². The first-order chi connectivity index (χ1) is 16.0. The van der Waals surface area contributed by atoms with E-state index in [-0.39, 0.29) is 11.8 Å². The Bertz CT molecular complexity index is 1430. The molecular formula is C29H23F2NO. The lowest BCUT2D eigenvalue weighted by Crippen LogP contribution is -2.21. The van der Waals surface area contributed by atoms with Crippen LogP contribution in [0, 0.1) is 18.6 Å². The molecule has 0 unspecified atom stereocenters. The molecule has 0 spiro atoms. The lowest BCUT2D eigenvalue weighted by molar-refractivity contribution is 0.0991. The van der Waals surface area contributed by atoms with Crippen LogP contribution in [0.3, 0.4) is 0 Å². The number of hydrogen-bond donors (Lipinski definition) is 0. The van der Waals surface area contributed by atoms with E-state index in [4.69, 9.17) is 0 Å². The fourth-order valence-corrected chi connectivity index (χ4v) is 5.62. The van der Waals surface area contributed by atoms with Crippen LogP contribution in [-0.2, 0) is 0 Å². The predicted octanol–water partition coefficient (Wildman–Crippen LogP) is 7.58. The number of fused-ring (bicyclic) bond motifs is 4. The van der Waals surface area contributed by atoms with E-state index < -0.39 is 11.6 Å². The van der Waals surface area contributed by atoms with Crippen molar-refractivity contribution in [3.8, 4) is 0 Å². The Labute approximate surface area is 191 Å². The molecule has 4 heteroatoms. The van der Waals surface area contributed by atoms with E-state index in [0.717, 1.165) is 52.1 Å². The van der Waals surface area contributed by atoms with Gasteiger partial charge in [0.15, 0.2) is 5.78 Å². The summed E-state index contributed by atoms with van der Waals surface area (Å²) in [4.78, 5) is 15.3. The number of rotatable bonds is 2. The van der Waals surface area contributed by atoms with Crippen LogP contribution < -0.4 is 4.90 Å². The SMILES string of the molecule is Cc1ccc(N2C=CC[C@H]2c2cc(F)ccc2F)c2ccc3c(c12)C(=O)CC1=C3C=CCC1. The first kappa shape index (κ1) is 20.1. The number of nitrogens with zero attached hydrogens (tertiary/aromatic N) is 1. The number of hydrogen-bond acceptors (Lipinski definition) is 2. The second-order valence-corrected chi connectivity index (χ2v) is 9.08. The summed E-state index contributed by atoms with van der Waals surface area (Å²) in [5.41, 5.74) is 6.48. The average Bonchev–Trinajstić information content (AvgIpc) is 3.30. The van der Waals surface area contributed by atoms with Gasteiger partial charge in [-0.1, -0.05) is 42.0 Å². The molecule has 0 bridgehead atoms. The quantitative estimate of drug-likeness (QED) is 0.410. The summed E-state index contributed by atoms with van der Waals surface area (Å²) in [5.74, 6) is -0.700. The van der Waals surface area contributed by atoms with E-state index in [9.17, 15) is 13.6 Å². The van der Waals surface area contributed by atoms with Crippen LogP contribution in [0.1, 0.15) is 58.8 Å². The van der Waals surface area contributed by atoms with E-state index in [0.29, 0.717) is 18.4 Å². The lowest BCUT2D eigenvalue weighted by atomic mass is 9.78. The third-order valence-electron chi connectivity index (χ3n) is 7.14. The standard InChI is InChI=1S/C29H23F2NO/c1-17-8-13-26(32-14-4-7-25(32)23-16-19(30)9-12-24(23)31)22-11-10-21-20-6-3-2-5-18(20)15-27(33)29(21)28(17)22/h3-4,6,8-14,16,25H,2,5,7,15H2,1H3/t25-/m0/s1. The number of ketones is 1. The average molecular weight is 440 g/mol. The zero-order valence-corrected chi connectivity index (χ0v) is 18.4. The second-order valence-electron chi connectivity index (χ2n) is 9.08. The normalized spacial score (nSPS) is 19.4. The molecule has 2 nitrogen and oxygen atoms in total. The molecule has 3 aromatic rings. The van der Waals surface area contributed by atoms with Crippen LogP contribution in [0.4, 0.5) is 14.5 Å². The Balaban J connectivity index is 1.55. The minimum atomic E-state index is -0.448. The monoisotopic (exact) mass is 439 g/mol. The van der Waals surface area contributed by atoms with E-state index in [1.165, 1.54) is 23.3 Å². The number of halogens is 2. The largest absolute Gasteiger partial charge is 0.340 e. The summed E-state index contributed by atoms with van der Waals surface area (Å²) in [5, 5.41) is 1.92. The van der Waals surface area contributed by atoms with Crippen molar-refractivity contribution in [3.05, 3.63) is 106 Å². The fraction of sp³-hybridized carbons (Fsp3) is 0.207. The van der Waals surface area contributed by atoms with Crippen molar-refractivity contribution >= 4 is 27.8 Å². The molecule has 0 saturated heterocycles. The van der Waals surface area contributed by atoms with Crippen LogP contribution in [-0.4, -0.2) is 5.78 Å². The summed E-state index contributed by atoms with van der Waals surface area (Å²) < 4.78 is 28.6. The Morgan fingerprint density at radius 3 is 2.79 bits per heavy atom. The maximum absolute atomic E-state index is 14.6. The van der Waals surface area contributed by atoms with E-state index >= 15 is 0 Å². The van der Waals surface area contributed by atoms with Gasteiger partial charge in [0.05, 0.1) is 6.04 Å². The molecule has 1 aliphatic heterocycles. The molecule has 3 aliphatic rings. The molecule has 164 valence electrons. The topological polar surface area (TPSA) is 20.3 Å².